The molecule has 40 valence electrons. The fourth-order valence-corrected chi connectivity index (χ4v) is 0.617. The largest absolute Gasteiger partial charge is 0.619 e. The Kier molecular flexibility index (Phi) is 5.27. The molecule has 0 aliphatic heterocycles. The maximum atomic E-state index is 8.05. The van der Waals surface area contributed by atoms with E-state index in [0.717, 1.165) is 0 Å². The molecule has 0 aromatic rings. The molecule has 0 amide bonds. The van der Waals surface area contributed by atoms with Gasteiger partial charge in [0.05, 0.1) is 0 Å². The Morgan fingerprint density at radius 1 is 1.29 bits per heavy atom. The predicted molar refractivity (Wildman–Crippen MR) is 45.1 cm³/mol. The van der Waals surface area contributed by atoms with Crippen LogP contribution in [0.5, 0.6) is 0 Å². The highest BCUT2D eigenvalue weighted by atomic mass is 127. The molecule has 0 saturated carbocycles. The summed E-state index contributed by atoms with van der Waals surface area (Å²) in [7, 11) is -1.64. The first kappa shape index (κ1) is 8.47. The molecular formula is H2B2I2O3. The van der Waals surface area contributed by atoms with E-state index in [2.05, 4.69) is 4.57 Å². The zero-order valence-corrected chi connectivity index (χ0v) is 7.53. The molecule has 0 aromatic carbocycles. The van der Waals surface area contributed by atoms with Crippen LogP contribution in [0.3, 0.4) is 0 Å². The lowest BCUT2D eigenvalue weighted by molar-refractivity contribution is 0.298. The summed E-state index contributed by atoms with van der Waals surface area (Å²) in [4.78, 5) is 0. The number of rotatable bonds is 2. The second kappa shape index (κ2) is 4.36. The van der Waals surface area contributed by atoms with Crippen molar-refractivity contribution in [3.63, 3.8) is 0 Å². The van der Waals surface area contributed by atoms with Gasteiger partial charge in [0.2, 0.25) is 0 Å². The summed E-state index contributed by atoms with van der Waals surface area (Å²) in [6.07, 6.45) is 0. The van der Waals surface area contributed by atoms with Crippen molar-refractivity contribution < 1.29 is 14.6 Å². The van der Waals surface area contributed by atoms with Crippen LogP contribution in [0.4, 0.5) is 0 Å². The normalized spacial score (nSPS) is 8.57. The second-order valence-electron chi connectivity index (χ2n) is 0.723. The SMILES string of the molecule is OB(O)OB(I)I. The molecule has 0 spiro atoms. The molecule has 0 unspecified atom stereocenters. The van der Waals surface area contributed by atoms with Crippen LogP contribution in [0.15, 0.2) is 0 Å². The standard InChI is InChI=1S/B2H2I2O3/c3-1(4)7-2(5)6/h5-6H. The quantitative estimate of drug-likeness (QED) is 0.547. The first-order chi connectivity index (χ1) is 3.13. The highest BCUT2D eigenvalue weighted by Gasteiger charge is 2.14. The van der Waals surface area contributed by atoms with Crippen LogP contribution < -0.4 is 0 Å². The van der Waals surface area contributed by atoms with E-state index in [1.54, 1.807) is 0 Å². The van der Waals surface area contributed by atoms with Crippen molar-refractivity contribution in [1.82, 2.24) is 0 Å². The Morgan fingerprint density at radius 3 is 1.71 bits per heavy atom. The molecule has 0 radical (unpaired) electrons. The van der Waals surface area contributed by atoms with E-state index in [1.165, 1.54) is 0 Å². The third-order valence-corrected chi connectivity index (χ3v) is 0.812. The van der Waals surface area contributed by atoms with Crippen molar-refractivity contribution in [2.45, 2.75) is 0 Å². The number of halogens is 2. The lowest BCUT2D eigenvalue weighted by Gasteiger charge is -1.96. The van der Waals surface area contributed by atoms with Crippen molar-refractivity contribution in [2.24, 2.45) is 0 Å². The Hall–Kier alpha value is 1.47. The average molecular weight is 325 g/mol. The minimum atomic E-state index is -1.64. The van der Waals surface area contributed by atoms with Crippen LogP contribution >= 0.6 is 44.7 Å². The van der Waals surface area contributed by atoms with Gasteiger partial charge in [0.1, 0.15) is 0 Å². The lowest BCUT2D eigenvalue weighted by atomic mass is 10.2. The first-order valence-electron chi connectivity index (χ1n) is 1.42. The fourth-order valence-electron chi connectivity index (χ4n) is 0.0920. The van der Waals surface area contributed by atoms with E-state index >= 15 is 0 Å². The van der Waals surface area contributed by atoms with Gasteiger partial charge in [-0.1, -0.05) is 44.7 Å². The highest BCUT2D eigenvalue weighted by Crippen LogP contribution is 2.04. The average Bonchev–Trinajstić information content (AvgIpc) is 1.27. The molecule has 0 aromatic heterocycles. The molecule has 0 saturated heterocycles. The molecule has 0 fully saturated rings. The molecular weight excluding hydrogens is 323 g/mol. The van der Waals surface area contributed by atoms with E-state index in [4.69, 9.17) is 10.0 Å². The van der Waals surface area contributed by atoms with Gasteiger partial charge < -0.3 is 14.6 Å². The van der Waals surface area contributed by atoms with Gasteiger partial charge in [0.25, 0.3) is 0 Å². The van der Waals surface area contributed by atoms with Gasteiger partial charge in [-0.05, 0) is 0 Å². The molecule has 7 heavy (non-hydrogen) atoms. The minimum Gasteiger partial charge on any atom is -0.432 e. The Labute approximate surface area is 68.9 Å². The molecule has 2 N–H and O–H groups in total. The maximum Gasteiger partial charge on any atom is 0.619 e. The van der Waals surface area contributed by atoms with Crippen LogP contribution in [-0.2, 0) is 4.57 Å². The van der Waals surface area contributed by atoms with E-state index in [-0.39, 0.29) is 2.63 Å². The smallest absolute Gasteiger partial charge is 0.432 e. The lowest BCUT2D eigenvalue weighted by Crippen LogP contribution is -2.20. The summed E-state index contributed by atoms with van der Waals surface area (Å²) in [6.45, 7) is 0. The van der Waals surface area contributed by atoms with Crippen molar-refractivity contribution in [3.8, 4) is 0 Å². The minimum absolute atomic E-state index is 0.185. The van der Waals surface area contributed by atoms with Crippen molar-refractivity contribution in [2.75, 3.05) is 0 Å². The molecule has 3 nitrogen and oxygen atoms in total. The Bertz CT molecular complexity index is 40.2. The summed E-state index contributed by atoms with van der Waals surface area (Å²) in [5.41, 5.74) is 0. The fraction of sp³-hybridized carbons (Fsp3) is 0. The van der Waals surface area contributed by atoms with Gasteiger partial charge in [-0.2, -0.15) is 0 Å². The highest BCUT2D eigenvalue weighted by molar-refractivity contribution is 14.3. The van der Waals surface area contributed by atoms with E-state index in [9.17, 15) is 0 Å². The summed E-state index contributed by atoms with van der Waals surface area (Å²) in [6, 6.07) is 0. The predicted octanol–water partition coefficient (Wildman–Crippen LogP) is -0.173. The molecule has 7 heteroatoms. The monoisotopic (exact) mass is 326 g/mol. The Balaban J connectivity index is 2.95. The molecule has 0 aliphatic rings. The molecule has 0 rings (SSSR count). The zero-order chi connectivity index (χ0) is 5.86. The topological polar surface area (TPSA) is 49.7 Å². The van der Waals surface area contributed by atoms with Gasteiger partial charge in [-0.15, -0.1) is 0 Å². The van der Waals surface area contributed by atoms with Gasteiger partial charge in [-0.3, -0.25) is 0 Å². The van der Waals surface area contributed by atoms with Crippen LogP contribution in [0, 0.1) is 0 Å². The van der Waals surface area contributed by atoms with Gasteiger partial charge >= 0.3 is 9.95 Å². The van der Waals surface area contributed by atoms with E-state index in [0.29, 0.717) is 0 Å². The van der Waals surface area contributed by atoms with E-state index < -0.39 is 7.32 Å². The van der Waals surface area contributed by atoms with Gasteiger partial charge in [0, 0.05) is 0 Å². The van der Waals surface area contributed by atoms with E-state index in [1.807, 2.05) is 44.7 Å². The van der Waals surface area contributed by atoms with Crippen LogP contribution in [-0.4, -0.2) is 20.0 Å². The van der Waals surface area contributed by atoms with Crippen molar-refractivity contribution in [1.29, 1.82) is 0 Å². The number of hydrogen-bond donors (Lipinski definition) is 2. The summed E-state index contributed by atoms with van der Waals surface area (Å²) < 4.78 is 4.15. The van der Waals surface area contributed by atoms with Crippen LogP contribution in [0.2, 0.25) is 0 Å². The third-order valence-electron chi connectivity index (χ3n) is 0.225. The molecule has 0 atom stereocenters. The first-order valence-corrected chi connectivity index (χ1v) is 3.92. The van der Waals surface area contributed by atoms with Gasteiger partial charge in [-0.25, -0.2) is 0 Å². The summed E-state index contributed by atoms with van der Waals surface area (Å²) in [5, 5.41) is 16.1. The second-order valence-corrected chi connectivity index (χ2v) is 5.37. The zero-order valence-electron chi connectivity index (χ0n) is 3.21. The maximum absolute atomic E-state index is 8.05. The van der Waals surface area contributed by atoms with Crippen LogP contribution in [0.25, 0.3) is 0 Å². The van der Waals surface area contributed by atoms with Crippen molar-refractivity contribution in [3.05, 3.63) is 0 Å². The molecule has 0 aliphatic carbocycles. The third kappa shape index (κ3) is 7.47. The summed E-state index contributed by atoms with van der Waals surface area (Å²) >= 11 is 3.80. The Morgan fingerprint density at radius 2 is 1.71 bits per heavy atom. The van der Waals surface area contributed by atoms with Gasteiger partial charge in [0.15, 0.2) is 0 Å². The van der Waals surface area contributed by atoms with Crippen molar-refractivity contribution >= 4 is 54.7 Å². The number of hydrogen-bond acceptors (Lipinski definition) is 3. The molecule has 0 heterocycles. The summed E-state index contributed by atoms with van der Waals surface area (Å²) in [5.74, 6) is 0. The van der Waals surface area contributed by atoms with Crippen LogP contribution in [0.1, 0.15) is 0 Å². The molecule has 0 bridgehead atoms.